The molecule has 1 N–H and O–H groups in total. The van der Waals surface area contributed by atoms with E-state index in [1.807, 2.05) is 23.7 Å². The van der Waals surface area contributed by atoms with E-state index in [1.165, 1.54) is 18.2 Å². The smallest absolute Gasteiger partial charge is 0.268 e. The molecule has 11 heteroatoms. The van der Waals surface area contributed by atoms with E-state index in [4.69, 9.17) is 23.2 Å². The van der Waals surface area contributed by atoms with Gasteiger partial charge in [0.05, 0.1) is 5.69 Å². The summed E-state index contributed by atoms with van der Waals surface area (Å²) in [5.74, 6) is -2.41. The van der Waals surface area contributed by atoms with Gasteiger partial charge in [0, 0.05) is 25.7 Å². The highest BCUT2D eigenvalue weighted by molar-refractivity contribution is 7.92. The van der Waals surface area contributed by atoms with Gasteiger partial charge in [-0.15, -0.1) is 0 Å². The van der Waals surface area contributed by atoms with Crippen molar-refractivity contribution in [1.29, 1.82) is 0 Å². The molecule has 158 valence electrons. The van der Waals surface area contributed by atoms with Crippen molar-refractivity contribution < 1.29 is 17.2 Å². The standard InChI is InChI=1S/C18H20Cl2F2N4O2S/c1-25(2)9-11-6-7-26(10-11)13-8-12(21)18(17(22)16(13)20)29(27,28)24-15-5-3-4-14(19)23-15/h3-5,8,11H,6-7,9-10H2,1-2H3,(H,23,24). The minimum absolute atomic E-state index is 0.0286. The van der Waals surface area contributed by atoms with Crippen molar-refractivity contribution >= 4 is 44.7 Å². The summed E-state index contributed by atoms with van der Waals surface area (Å²) in [5, 5.41) is -0.405. The van der Waals surface area contributed by atoms with Gasteiger partial charge in [-0.05, 0) is 38.6 Å². The Morgan fingerprint density at radius 2 is 2.03 bits per heavy atom. The van der Waals surface area contributed by atoms with Gasteiger partial charge in [-0.2, -0.15) is 0 Å². The van der Waals surface area contributed by atoms with Gasteiger partial charge in [0.2, 0.25) is 0 Å². The summed E-state index contributed by atoms with van der Waals surface area (Å²) >= 11 is 11.8. The van der Waals surface area contributed by atoms with Gasteiger partial charge < -0.3 is 9.80 Å². The predicted molar refractivity (Wildman–Crippen MR) is 110 cm³/mol. The first kappa shape index (κ1) is 22.0. The molecule has 1 saturated heterocycles. The average Bonchev–Trinajstić information content (AvgIpc) is 3.05. The lowest BCUT2D eigenvalue weighted by Crippen LogP contribution is -2.26. The molecule has 1 aliphatic heterocycles. The fourth-order valence-electron chi connectivity index (χ4n) is 3.41. The summed E-state index contributed by atoms with van der Waals surface area (Å²) in [6.45, 7) is 1.99. The third-order valence-electron chi connectivity index (χ3n) is 4.57. The summed E-state index contributed by atoms with van der Waals surface area (Å²) in [5.41, 5.74) is 0.141. The highest BCUT2D eigenvalue weighted by Crippen LogP contribution is 2.37. The van der Waals surface area contributed by atoms with Crippen LogP contribution in [0.1, 0.15) is 6.42 Å². The fourth-order valence-corrected chi connectivity index (χ4v) is 5.05. The average molecular weight is 465 g/mol. The Kier molecular flexibility index (Phi) is 6.52. The highest BCUT2D eigenvalue weighted by Gasteiger charge is 2.32. The van der Waals surface area contributed by atoms with Crippen LogP contribution in [0.15, 0.2) is 29.2 Å². The fraction of sp³-hybridized carbons (Fsp3) is 0.389. The summed E-state index contributed by atoms with van der Waals surface area (Å²) in [7, 11) is -0.702. The van der Waals surface area contributed by atoms with Gasteiger partial charge in [0.1, 0.15) is 21.8 Å². The molecule has 0 aliphatic carbocycles. The maximum Gasteiger partial charge on any atom is 0.268 e. The van der Waals surface area contributed by atoms with Crippen LogP contribution in [-0.2, 0) is 10.0 Å². The molecular weight excluding hydrogens is 445 g/mol. The van der Waals surface area contributed by atoms with E-state index in [0.717, 1.165) is 19.0 Å². The number of anilines is 2. The monoisotopic (exact) mass is 464 g/mol. The Hall–Kier alpha value is -1.68. The van der Waals surface area contributed by atoms with E-state index in [1.54, 1.807) is 4.90 Å². The van der Waals surface area contributed by atoms with Crippen LogP contribution >= 0.6 is 23.2 Å². The molecule has 0 spiro atoms. The SMILES string of the molecule is CN(C)CC1CCN(c2cc(F)c(S(=O)(=O)Nc3cccc(Cl)n3)c(F)c2Cl)C1. The van der Waals surface area contributed by atoms with Gasteiger partial charge in [-0.3, -0.25) is 4.72 Å². The number of nitrogens with zero attached hydrogens (tertiary/aromatic N) is 3. The van der Waals surface area contributed by atoms with Crippen LogP contribution in [0.5, 0.6) is 0 Å². The van der Waals surface area contributed by atoms with Crippen LogP contribution in [0.25, 0.3) is 0 Å². The van der Waals surface area contributed by atoms with Crippen LogP contribution in [-0.4, -0.2) is 52.0 Å². The van der Waals surface area contributed by atoms with Crippen molar-refractivity contribution in [2.24, 2.45) is 5.92 Å². The second-order valence-electron chi connectivity index (χ2n) is 7.15. The molecule has 2 aromatic rings. The van der Waals surface area contributed by atoms with Crippen LogP contribution in [0, 0.1) is 17.6 Å². The molecule has 1 aromatic carbocycles. The summed E-state index contributed by atoms with van der Waals surface area (Å²) in [6, 6.07) is 5.16. The van der Waals surface area contributed by atoms with E-state index in [0.29, 0.717) is 19.0 Å². The van der Waals surface area contributed by atoms with Gasteiger partial charge >= 0.3 is 0 Å². The van der Waals surface area contributed by atoms with Crippen molar-refractivity contribution in [3.05, 3.63) is 46.1 Å². The first-order valence-electron chi connectivity index (χ1n) is 8.81. The summed E-state index contributed by atoms with van der Waals surface area (Å²) in [4.78, 5) is 6.42. The third-order valence-corrected chi connectivity index (χ3v) is 6.53. The van der Waals surface area contributed by atoms with Gasteiger partial charge in [0.25, 0.3) is 10.0 Å². The molecule has 3 rings (SSSR count). The zero-order valence-electron chi connectivity index (χ0n) is 15.8. The first-order valence-corrected chi connectivity index (χ1v) is 11.0. The zero-order chi connectivity index (χ0) is 21.3. The van der Waals surface area contributed by atoms with E-state index in [-0.39, 0.29) is 16.7 Å². The largest absolute Gasteiger partial charge is 0.370 e. The lowest BCUT2D eigenvalue weighted by molar-refractivity contribution is 0.340. The molecule has 0 radical (unpaired) electrons. The van der Waals surface area contributed by atoms with Gasteiger partial charge in [-0.1, -0.05) is 29.3 Å². The quantitative estimate of drug-likeness (QED) is 0.519. The lowest BCUT2D eigenvalue weighted by Gasteiger charge is -2.22. The van der Waals surface area contributed by atoms with Gasteiger partial charge in [-0.25, -0.2) is 22.2 Å². The lowest BCUT2D eigenvalue weighted by atomic mass is 10.1. The predicted octanol–water partition coefficient (Wildman–Crippen LogP) is 3.86. The number of benzene rings is 1. The van der Waals surface area contributed by atoms with Crippen molar-refractivity contribution in [1.82, 2.24) is 9.88 Å². The minimum atomic E-state index is -4.61. The molecule has 29 heavy (non-hydrogen) atoms. The Morgan fingerprint density at radius 3 is 2.69 bits per heavy atom. The number of sulfonamides is 1. The number of nitrogens with one attached hydrogen (secondary N) is 1. The maximum atomic E-state index is 14.9. The van der Waals surface area contributed by atoms with Crippen LogP contribution in [0.4, 0.5) is 20.3 Å². The molecule has 6 nitrogen and oxygen atoms in total. The van der Waals surface area contributed by atoms with E-state index in [2.05, 4.69) is 4.98 Å². The topological polar surface area (TPSA) is 65.5 Å². The summed E-state index contributed by atoms with van der Waals surface area (Å²) < 4.78 is 56.8. The van der Waals surface area contributed by atoms with Crippen molar-refractivity contribution in [2.75, 3.05) is 43.4 Å². The maximum absolute atomic E-state index is 14.9. The normalized spacial score (nSPS) is 17.2. The van der Waals surface area contributed by atoms with E-state index in [9.17, 15) is 17.2 Å². The molecule has 1 unspecified atom stereocenters. The zero-order valence-corrected chi connectivity index (χ0v) is 18.1. The third kappa shape index (κ3) is 4.91. The summed E-state index contributed by atoms with van der Waals surface area (Å²) in [6.07, 6.45) is 0.847. The molecule has 1 aromatic heterocycles. The Morgan fingerprint density at radius 1 is 1.31 bits per heavy atom. The number of aromatic nitrogens is 1. The van der Waals surface area contributed by atoms with Crippen molar-refractivity contribution in [2.45, 2.75) is 11.3 Å². The second kappa shape index (κ2) is 8.59. The molecule has 1 fully saturated rings. The molecule has 0 saturated carbocycles. The Labute approximate surface area is 178 Å². The van der Waals surface area contributed by atoms with E-state index >= 15 is 0 Å². The molecule has 1 atom stereocenters. The first-order chi connectivity index (χ1) is 13.6. The molecular formula is C18H20Cl2F2N4O2S. The van der Waals surface area contributed by atoms with E-state index < -0.39 is 31.6 Å². The minimum Gasteiger partial charge on any atom is -0.370 e. The van der Waals surface area contributed by atoms with Crippen LogP contribution in [0.2, 0.25) is 10.2 Å². The number of rotatable bonds is 6. The molecule has 1 aliphatic rings. The molecule has 2 heterocycles. The van der Waals surface area contributed by atoms with Crippen LogP contribution < -0.4 is 9.62 Å². The number of hydrogen-bond acceptors (Lipinski definition) is 5. The Balaban J connectivity index is 1.91. The number of halogens is 4. The highest BCUT2D eigenvalue weighted by atomic mass is 35.5. The van der Waals surface area contributed by atoms with Crippen molar-refractivity contribution in [3.8, 4) is 0 Å². The number of hydrogen-bond donors (Lipinski definition) is 1. The van der Waals surface area contributed by atoms with Gasteiger partial charge in [0.15, 0.2) is 10.7 Å². The van der Waals surface area contributed by atoms with Crippen molar-refractivity contribution in [3.63, 3.8) is 0 Å². The number of pyridine rings is 1. The van der Waals surface area contributed by atoms with Crippen LogP contribution in [0.3, 0.4) is 0 Å². The second-order valence-corrected chi connectivity index (χ2v) is 9.53. The molecule has 0 bridgehead atoms. The molecule has 0 amide bonds. The Bertz CT molecular complexity index is 1020.